The maximum atomic E-state index is 12.4. The Morgan fingerprint density at radius 2 is 1.83 bits per heavy atom. The Morgan fingerprint density at radius 3 is 2.51 bits per heavy atom. The van der Waals surface area contributed by atoms with Gasteiger partial charge in [-0.25, -0.2) is 13.4 Å². The largest absolute Gasteiger partial charge is 0.493 e. The highest BCUT2D eigenvalue weighted by Crippen LogP contribution is 2.38. The van der Waals surface area contributed by atoms with Crippen LogP contribution in [0.3, 0.4) is 0 Å². The number of ether oxygens (including phenoxy) is 1. The molecule has 0 atom stereocenters. The number of sulfone groups is 1. The van der Waals surface area contributed by atoms with E-state index in [2.05, 4.69) is 15.1 Å². The monoisotopic (exact) mass is 556 g/mol. The fourth-order valence-electron chi connectivity index (χ4n) is 3.85. The number of hydrogen-bond acceptors (Lipinski definition) is 8. The van der Waals surface area contributed by atoms with Crippen LogP contribution in [0.15, 0.2) is 41.3 Å². The zero-order valence-electron chi connectivity index (χ0n) is 19.2. The summed E-state index contributed by atoms with van der Waals surface area (Å²) in [4.78, 5) is 21.6. The maximum Gasteiger partial charge on any atom is 0.221 e. The smallest absolute Gasteiger partial charge is 0.221 e. The number of amides is 1. The topological polar surface area (TPSA) is 91.8 Å². The van der Waals surface area contributed by atoms with Gasteiger partial charge in [0.15, 0.2) is 20.7 Å². The summed E-state index contributed by atoms with van der Waals surface area (Å²) in [5, 5.41) is 4.78. The second kappa shape index (κ2) is 11.3. The fraction of sp³-hybridized carbons (Fsp3) is 0.391. The van der Waals surface area contributed by atoms with Crippen LogP contribution < -0.4 is 15.0 Å². The summed E-state index contributed by atoms with van der Waals surface area (Å²) in [7, 11) is -1.93. The second-order valence-corrected chi connectivity index (χ2v) is 12.1. The van der Waals surface area contributed by atoms with Crippen LogP contribution in [0.25, 0.3) is 10.2 Å². The summed E-state index contributed by atoms with van der Waals surface area (Å²) < 4.78 is 31.2. The average Bonchev–Trinajstić information content (AvgIpc) is 3.28. The van der Waals surface area contributed by atoms with E-state index >= 15 is 0 Å². The zero-order chi connectivity index (χ0) is 25.0. The first kappa shape index (κ1) is 26.0. The molecular weight excluding hydrogens is 531 g/mol. The van der Waals surface area contributed by atoms with Gasteiger partial charge in [-0.1, -0.05) is 34.5 Å². The lowest BCUT2D eigenvalue weighted by Gasteiger charge is -2.34. The second-order valence-electron chi connectivity index (χ2n) is 8.13. The van der Waals surface area contributed by atoms with E-state index in [9.17, 15) is 13.2 Å². The number of carbonyl (C=O) groups excluding carboxylic acids is 1. The van der Waals surface area contributed by atoms with Crippen LogP contribution >= 0.6 is 34.5 Å². The number of hydrogen-bond donors (Lipinski definition) is 1. The highest BCUT2D eigenvalue weighted by Gasteiger charge is 2.22. The molecule has 1 N–H and O–H groups in total. The standard InChI is InChI=1S/C23H26Cl2N4O4S2/c1-33-22-18(25)6-7-19-21(22)27-23(34-19)29-13-11-28(12-14-29)10-9-26-20(30)8-15-35(31,32)17-4-2-16(24)3-5-17/h2-7H,8-15H2,1H3,(H,26,30). The molecule has 1 saturated heterocycles. The van der Waals surface area contributed by atoms with Crippen LogP contribution in [-0.2, 0) is 14.6 Å². The van der Waals surface area contributed by atoms with E-state index in [4.69, 9.17) is 32.9 Å². The molecule has 0 radical (unpaired) electrons. The SMILES string of the molecule is COc1c(Cl)ccc2sc(N3CCN(CCNC(=O)CCS(=O)(=O)c4ccc(Cl)cc4)CC3)nc12. The molecule has 1 amide bonds. The third-order valence-corrected chi connectivity index (χ3v) is 9.19. The van der Waals surface area contributed by atoms with Crippen LogP contribution in [0, 0.1) is 0 Å². The van der Waals surface area contributed by atoms with E-state index in [1.54, 1.807) is 18.4 Å². The van der Waals surface area contributed by atoms with Gasteiger partial charge in [-0.05, 0) is 36.4 Å². The maximum absolute atomic E-state index is 12.4. The van der Waals surface area contributed by atoms with Crippen molar-refractivity contribution in [1.29, 1.82) is 0 Å². The lowest BCUT2D eigenvalue weighted by atomic mass is 10.3. The lowest BCUT2D eigenvalue weighted by molar-refractivity contribution is -0.120. The molecule has 35 heavy (non-hydrogen) atoms. The van der Waals surface area contributed by atoms with Crippen molar-refractivity contribution in [3.63, 3.8) is 0 Å². The van der Waals surface area contributed by atoms with E-state index in [0.29, 0.717) is 28.9 Å². The molecule has 4 rings (SSSR count). The van der Waals surface area contributed by atoms with Crippen LogP contribution in [0.4, 0.5) is 5.13 Å². The van der Waals surface area contributed by atoms with Crippen molar-refractivity contribution < 1.29 is 17.9 Å². The minimum Gasteiger partial charge on any atom is -0.493 e. The molecule has 0 saturated carbocycles. The third kappa shape index (κ3) is 6.37. The van der Waals surface area contributed by atoms with Crippen molar-refractivity contribution in [2.24, 2.45) is 0 Å². The van der Waals surface area contributed by atoms with Gasteiger partial charge >= 0.3 is 0 Å². The predicted molar refractivity (Wildman–Crippen MR) is 141 cm³/mol. The normalized spacial score (nSPS) is 14.9. The Morgan fingerprint density at radius 1 is 1.11 bits per heavy atom. The molecule has 1 aliphatic rings. The Kier molecular flexibility index (Phi) is 8.38. The zero-order valence-corrected chi connectivity index (χ0v) is 22.3. The number of piperazine rings is 1. The van der Waals surface area contributed by atoms with E-state index in [-0.39, 0.29) is 23.0 Å². The van der Waals surface area contributed by atoms with Crippen molar-refractivity contribution in [2.75, 3.05) is 57.0 Å². The summed E-state index contributed by atoms with van der Waals surface area (Å²) in [5.41, 5.74) is 0.781. The Bertz CT molecular complexity index is 1290. The molecule has 2 aromatic carbocycles. The summed E-state index contributed by atoms with van der Waals surface area (Å²) in [6, 6.07) is 9.74. The number of halogens is 2. The van der Waals surface area contributed by atoms with Crippen LogP contribution in [0.1, 0.15) is 6.42 Å². The molecule has 3 aromatic rings. The minimum atomic E-state index is -3.52. The van der Waals surface area contributed by atoms with Gasteiger partial charge in [-0.15, -0.1) is 0 Å². The molecule has 0 bridgehead atoms. The highest BCUT2D eigenvalue weighted by molar-refractivity contribution is 7.91. The summed E-state index contributed by atoms with van der Waals surface area (Å²) >= 11 is 13.6. The first-order chi connectivity index (χ1) is 16.8. The number of methoxy groups -OCH3 is 1. The van der Waals surface area contributed by atoms with E-state index in [1.165, 1.54) is 24.3 Å². The first-order valence-electron chi connectivity index (χ1n) is 11.1. The molecule has 8 nitrogen and oxygen atoms in total. The van der Waals surface area contributed by atoms with Gasteiger partial charge in [-0.2, -0.15) is 0 Å². The van der Waals surface area contributed by atoms with E-state index in [0.717, 1.165) is 41.5 Å². The quantitative estimate of drug-likeness (QED) is 0.429. The lowest BCUT2D eigenvalue weighted by Crippen LogP contribution is -2.48. The van der Waals surface area contributed by atoms with Crippen molar-refractivity contribution in [2.45, 2.75) is 11.3 Å². The number of benzene rings is 2. The van der Waals surface area contributed by atoms with Gasteiger partial charge in [0, 0.05) is 50.7 Å². The van der Waals surface area contributed by atoms with Crippen LogP contribution in [0.2, 0.25) is 10.0 Å². The molecule has 1 aliphatic heterocycles. The molecule has 0 unspecified atom stereocenters. The third-order valence-electron chi connectivity index (χ3n) is 5.82. The number of nitrogens with zero attached hydrogens (tertiary/aromatic N) is 3. The number of nitrogens with one attached hydrogen (secondary N) is 1. The van der Waals surface area contributed by atoms with Crippen molar-refractivity contribution in [3.05, 3.63) is 46.4 Å². The number of thiazole rings is 1. The predicted octanol–water partition coefficient (Wildman–Crippen LogP) is 3.71. The van der Waals surface area contributed by atoms with Crippen molar-refractivity contribution in [3.8, 4) is 5.75 Å². The fourth-order valence-corrected chi connectivity index (χ4v) is 6.47. The molecule has 0 spiro atoms. The van der Waals surface area contributed by atoms with Crippen molar-refractivity contribution >= 4 is 65.6 Å². The Labute approximate surface area is 218 Å². The van der Waals surface area contributed by atoms with E-state index in [1.807, 2.05) is 12.1 Å². The number of anilines is 1. The molecule has 2 heterocycles. The molecule has 12 heteroatoms. The highest BCUT2D eigenvalue weighted by atomic mass is 35.5. The first-order valence-corrected chi connectivity index (χ1v) is 14.3. The molecule has 1 aromatic heterocycles. The molecule has 0 aliphatic carbocycles. The van der Waals surface area contributed by atoms with Gasteiger partial charge in [0.05, 0.1) is 27.5 Å². The van der Waals surface area contributed by atoms with Crippen molar-refractivity contribution in [1.82, 2.24) is 15.2 Å². The molecule has 188 valence electrons. The minimum absolute atomic E-state index is 0.0795. The Balaban J connectivity index is 1.20. The Hall–Kier alpha value is -2.11. The van der Waals surface area contributed by atoms with E-state index < -0.39 is 9.84 Å². The number of fused-ring (bicyclic) bond motifs is 1. The summed E-state index contributed by atoms with van der Waals surface area (Å²) in [6.07, 6.45) is -0.0795. The van der Waals surface area contributed by atoms with Gasteiger partial charge in [0.2, 0.25) is 5.91 Å². The van der Waals surface area contributed by atoms with Gasteiger partial charge in [-0.3, -0.25) is 9.69 Å². The van der Waals surface area contributed by atoms with Crippen LogP contribution in [0.5, 0.6) is 5.75 Å². The summed E-state index contributed by atoms with van der Waals surface area (Å²) in [6.45, 7) is 4.50. The van der Waals surface area contributed by atoms with Gasteiger partial charge < -0.3 is 15.0 Å². The average molecular weight is 558 g/mol. The number of carbonyl (C=O) groups is 1. The van der Waals surface area contributed by atoms with Crippen LogP contribution in [-0.4, -0.2) is 76.3 Å². The molecular formula is C23H26Cl2N4O4S2. The number of rotatable bonds is 9. The van der Waals surface area contributed by atoms with Gasteiger partial charge in [0.1, 0.15) is 5.52 Å². The molecule has 1 fully saturated rings. The number of aromatic nitrogens is 1. The summed E-state index contributed by atoms with van der Waals surface area (Å²) in [5.74, 6) is 0.0855. The van der Waals surface area contributed by atoms with Gasteiger partial charge in [0.25, 0.3) is 0 Å².